The van der Waals surface area contributed by atoms with E-state index in [-0.39, 0.29) is 12.4 Å². The van der Waals surface area contributed by atoms with Crippen LogP contribution in [0.5, 0.6) is 0 Å². The summed E-state index contributed by atoms with van der Waals surface area (Å²) in [6.07, 6.45) is 0.719. The molecule has 0 aliphatic carbocycles. The molecule has 0 amide bonds. The van der Waals surface area contributed by atoms with Crippen LogP contribution in [0, 0.1) is 0 Å². The number of furan rings is 1. The summed E-state index contributed by atoms with van der Waals surface area (Å²) in [5, 5.41) is 21.0. The molecule has 1 aromatic rings. The van der Waals surface area contributed by atoms with Crippen molar-refractivity contribution in [1.29, 1.82) is 0 Å². The highest BCUT2D eigenvalue weighted by atomic mass is 16.5. The summed E-state index contributed by atoms with van der Waals surface area (Å²) in [4.78, 5) is 10.7. The van der Waals surface area contributed by atoms with Crippen molar-refractivity contribution in [1.82, 2.24) is 5.32 Å². The molecular weight excluding hydrogens is 214 g/mol. The molecule has 0 aliphatic rings. The Morgan fingerprint density at radius 2 is 2.44 bits per heavy atom. The first-order chi connectivity index (χ1) is 7.65. The fourth-order valence-electron chi connectivity index (χ4n) is 1.29. The molecule has 3 N–H and O–H groups in total. The van der Waals surface area contributed by atoms with Crippen molar-refractivity contribution in [2.24, 2.45) is 0 Å². The lowest BCUT2D eigenvalue weighted by molar-refractivity contribution is 0.0640. The Morgan fingerprint density at radius 3 is 3.06 bits per heavy atom. The molecule has 6 heteroatoms. The molecule has 0 spiro atoms. The van der Waals surface area contributed by atoms with E-state index in [1.807, 2.05) is 0 Å². The highest BCUT2D eigenvalue weighted by molar-refractivity contribution is 5.86. The number of hydrogen-bond acceptors (Lipinski definition) is 5. The predicted molar refractivity (Wildman–Crippen MR) is 55.3 cm³/mol. The lowest BCUT2D eigenvalue weighted by Crippen LogP contribution is -2.29. The highest BCUT2D eigenvalue weighted by Crippen LogP contribution is 2.09. The van der Waals surface area contributed by atoms with E-state index in [0.29, 0.717) is 18.7 Å². The first-order valence-corrected chi connectivity index (χ1v) is 4.82. The standard InChI is InChI=1S/C10H15NO5/c1-15-6-8(12)5-11-4-7-2-3-16-9(7)10(13)14/h2-3,8,11-12H,4-6H2,1H3,(H,13,14). The number of aromatic carboxylic acids is 1. The number of nitrogens with one attached hydrogen (secondary N) is 1. The summed E-state index contributed by atoms with van der Waals surface area (Å²) in [7, 11) is 1.50. The molecule has 1 unspecified atom stereocenters. The average Bonchev–Trinajstić information content (AvgIpc) is 2.66. The van der Waals surface area contributed by atoms with Crippen LogP contribution in [0.3, 0.4) is 0 Å². The Hall–Kier alpha value is -1.37. The Morgan fingerprint density at radius 1 is 1.69 bits per heavy atom. The van der Waals surface area contributed by atoms with Crippen LogP contribution in [0.4, 0.5) is 0 Å². The second-order valence-electron chi connectivity index (χ2n) is 3.32. The lowest BCUT2D eigenvalue weighted by atomic mass is 10.2. The highest BCUT2D eigenvalue weighted by Gasteiger charge is 2.13. The molecule has 0 radical (unpaired) electrons. The van der Waals surface area contributed by atoms with Gasteiger partial charge in [0.25, 0.3) is 0 Å². The molecule has 1 atom stereocenters. The van der Waals surface area contributed by atoms with Crippen LogP contribution in [0.2, 0.25) is 0 Å². The molecule has 16 heavy (non-hydrogen) atoms. The van der Waals surface area contributed by atoms with Crippen LogP contribution in [0.1, 0.15) is 16.1 Å². The summed E-state index contributed by atoms with van der Waals surface area (Å²) in [5.74, 6) is -1.17. The first kappa shape index (κ1) is 12.7. The van der Waals surface area contributed by atoms with E-state index in [4.69, 9.17) is 14.3 Å². The average molecular weight is 229 g/mol. The number of ether oxygens (including phenoxy) is 1. The van der Waals surface area contributed by atoms with E-state index in [1.165, 1.54) is 13.4 Å². The molecule has 0 aromatic carbocycles. The van der Waals surface area contributed by atoms with Gasteiger partial charge in [-0.2, -0.15) is 0 Å². The van der Waals surface area contributed by atoms with Crippen LogP contribution in [0.15, 0.2) is 16.7 Å². The number of hydrogen-bond donors (Lipinski definition) is 3. The van der Waals surface area contributed by atoms with Gasteiger partial charge in [-0.15, -0.1) is 0 Å². The van der Waals surface area contributed by atoms with Crippen molar-refractivity contribution in [3.8, 4) is 0 Å². The van der Waals surface area contributed by atoms with Gasteiger partial charge in [0.1, 0.15) is 0 Å². The molecule has 0 bridgehead atoms. The quantitative estimate of drug-likeness (QED) is 0.613. The summed E-state index contributed by atoms with van der Waals surface area (Å²) in [6.45, 7) is 0.904. The van der Waals surface area contributed by atoms with Crippen molar-refractivity contribution < 1.29 is 24.2 Å². The van der Waals surface area contributed by atoms with Crippen molar-refractivity contribution >= 4 is 5.97 Å². The van der Waals surface area contributed by atoms with E-state index >= 15 is 0 Å². The number of rotatable bonds is 7. The second-order valence-corrected chi connectivity index (χ2v) is 3.32. The first-order valence-electron chi connectivity index (χ1n) is 4.82. The van der Waals surface area contributed by atoms with Gasteiger partial charge in [-0.05, 0) is 6.07 Å². The van der Waals surface area contributed by atoms with Gasteiger partial charge < -0.3 is 24.7 Å². The van der Waals surface area contributed by atoms with E-state index in [9.17, 15) is 9.90 Å². The third-order valence-corrected chi connectivity index (χ3v) is 2.00. The number of carboxylic acids is 1. The summed E-state index contributed by atoms with van der Waals surface area (Å²) in [6, 6.07) is 1.58. The topological polar surface area (TPSA) is 91.9 Å². The Labute approximate surface area is 92.8 Å². The number of aliphatic hydroxyl groups excluding tert-OH is 1. The zero-order valence-corrected chi connectivity index (χ0v) is 8.97. The summed E-state index contributed by atoms with van der Waals surface area (Å²) < 4.78 is 9.56. The normalized spacial score (nSPS) is 12.6. The van der Waals surface area contributed by atoms with Crippen molar-refractivity contribution in [2.45, 2.75) is 12.6 Å². The van der Waals surface area contributed by atoms with Crippen LogP contribution < -0.4 is 5.32 Å². The maximum Gasteiger partial charge on any atom is 0.372 e. The molecule has 0 saturated carbocycles. The van der Waals surface area contributed by atoms with Gasteiger partial charge in [0.05, 0.1) is 19.0 Å². The zero-order valence-electron chi connectivity index (χ0n) is 8.97. The minimum Gasteiger partial charge on any atom is -0.475 e. The van der Waals surface area contributed by atoms with Crippen molar-refractivity contribution in [2.75, 3.05) is 20.3 Å². The monoisotopic (exact) mass is 229 g/mol. The molecule has 0 saturated heterocycles. The molecule has 1 heterocycles. The molecular formula is C10H15NO5. The van der Waals surface area contributed by atoms with Gasteiger partial charge in [0, 0.05) is 25.8 Å². The molecule has 90 valence electrons. The minimum atomic E-state index is -1.10. The second kappa shape index (κ2) is 6.26. The zero-order chi connectivity index (χ0) is 12.0. The number of carbonyl (C=O) groups is 1. The van der Waals surface area contributed by atoms with Gasteiger partial charge in [0.15, 0.2) is 0 Å². The van der Waals surface area contributed by atoms with Crippen LogP contribution >= 0.6 is 0 Å². The molecule has 0 aliphatic heterocycles. The Balaban J connectivity index is 2.37. The lowest BCUT2D eigenvalue weighted by Gasteiger charge is -2.09. The Kier molecular flexibility index (Phi) is 4.97. The largest absolute Gasteiger partial charge is 0.475 e. The van der Waals surface area contributed by atoms with Crippen molar-refractivity contribution in [3.63, 3.8) is 0 Å². The van der Waals surface area contributed by atoms with Gasteiger partial charge in [-0.1, -0.05) is 0 Å². The van der Waals surface area contributed by atoms with E-state index in [2.05, 4.69) is 5.32 Å². The molecule has 0 fully saturated rings. The summed E-state index contributed by atoms with van der Waals surface area (Å²) >= 11 is 0. The third-order valence-electron chi connectivity index (χ3n) is 2.00. The maximum atomic E-state index is 10.7. The van der Waals surface area contributed by atoms with Gasteiger partial charge in [0.2, 0.25) is 5.76 Å². The van der Waals surface area contributed by atoms with Crippen LogP contribution in [0.25, 0.3) is 0 Å². The molecule has 1 rings (SSSR count). The van der Waals surface area contributed by atoms with Crippen molar-refractivity contribution in [3.05, 3.63) is 23.7 Å². The minimum absolute atomic E-state index is 0.0752. The molecule has 1 aromatic heterocycles. The van der Waals surface area contributed by atoms with E-state index in [0.717, 1.165) is 0 Å². The van der Waals surface area contributed by atoms with Gasteiger partial charge in [-0.25, -0.2) is 4.79 Å². The van der Waals surface area contributed by atoms with E-state index in [1.54, 1.807) is 6.07 Å². The molecule has 6 nitrogen and oxygen atoms in total. The van der Waals surface area contributed by atoms with E-state index < -0.39 is 12.1 Å². The third kappa shape index (κ3) is 3.65. The predicted octanol–water partition coefficient (Wildman–Crippen LogP) is 0.0747. The number of methoxy groups -OCH3 is 1. The summed E-state index contributed by atoms with van der Waals surface area (Å²) in [5.41, 5.74) is 0.553. The number of carboxylic acid groups (broad SMARTS) is 1. The maximum absolute atomic E-state index is 10.7. The SMILES string of the molecule is COCC(O)CNCc1ccoc1C(=O)O. The van der Waals surface area contributed by atoms with Gasteiger partial charge in [-0.3, -0.25) is 0 Å². The Bertz CT molecular complexity index is 336. The van der Waals surface area contributed by atoms with Crippen LogP contribution in [-0.4, -0.2) is 42.5 Å². The fourth-order valence-corrected chi connectivity index (χ4v) is 1.29. The smallest absolute Gasteiger partial charge is 0.372 e. The van der Waals surface area contributed by atoms with Crippen LogP contribution in [-0.2, 0) is 11.3 Å². The fraction of sp³-hybridized carbons (Fsp3) is 0.500. The van der Waals surface area contributed by atoms with Gasteiger partial charge >= 0.3 is 5.97 Å². The number of aliphatic hydroxyl groups is 1.